The molecule has 0 aliphatic carbocycles. The van der Waals surface area contributed by atoms with E-state index in [1.807, 2.05) is 0 Å². The maximum absolute atomic E-state index is 11.3. The molecule has 3 rings (SSSR count). The van der Waals surface area contributed by atoms with Crippen molar-refractivity contribution in [3.05, 3.63) is 51.0 Å². The predicted molar refractivity (Wildman–Crippen MR) is 73.3 cm³/mol. The predicted octanol–water partition coefficient (Wildman–Crippen LogP) is 3.35. The van der Waals surface area contributed by atoms with Gasteiger partial charge in [-0.1, -0.05) is 23.2 Å². The molecular weight excluding hydrogens is 289 g/mol. The molecule has 0 bridgehead atoms. The molecule has 2 N–H and O–H groups in total. The van der Waals surface area contributed by atoms with Crippen molar-refractivity contribution >= 4 is 34.4 Å². The molecule has 7 heteroatoms. The van der Waals surface area contributed by atoms with Gasteiger partial charge in [-0.25, -0.2) is 9.78 Å². The highest BCUT2D eigenvalue weighted by atomic mass is 35.5. The lowest BCUT2D eigenvalue weighted by atomic mass is 10.3. The number of benzene rings is 1. The molecule has 96 valence electrons. The minimum absolute atomic E-state index is 0.347. The molecule has 0 radical (unpaired) electrons. The van der Waals surface area contributed by atoms with E-state index >= 15 is 0 Å². The minimum atomic E-state index is -0.347. The van der Waals surface area contributed by atoms with Gasteiger partial charge in [-0.2, -0.15) is 0 Å². The Balaban J connectivity index is 2.08. The van der Waals surface area contributed by atoms with E-state index in [0.717, 1.165) is 0 Å². The largest absolute Gasteiger partial charge is 0.453 e. The number of nitrogens with zero attached hydrogens (tertiary/aromatic N) is 1. The zero-order chi connectivity index (χ0) is 13.4. The first kappa shape index (κ1) is 12.1. The highest BCUT2D eigenvalue weighted by Crippen LogP contribution is 2.33. The summed E-state index contributed by atoms with van der Waals surface area (Å²) in [4.78, 5) is 20.4. The molecule has 3 aromatic rings. The molecule has 5 nitrogen and oxygen atoms in total. The van der Waals surface area contributed by atoms with E-state index in [-0.39, 0.29) is 5.69 Å². The van der Waals surface area contributed by atoms with Gasteiger partial charge in [0.05, 0.1) is 5.02 Å². The fourth-order valence-corrected chi connectivity index (χ4v) is 2.12. The van der Waals surface area contributed by atoms with Crippen LogP contribution in [0, 0.1) is 0 Å². The molecule has 0 fully saturated rings. The molecule has 1 aromatic carbocycles. The molecular formula is C12H7Cl2N3O2. The lowest BCUT2D eigenvalue weighted by Crippen LogP contribution is -1.99. The Morgan fingerprint density at radius 2 is 1.95 bits per heavy atom. The molecule has 0 atom stereocenters. The Kier molecular flexibility index (Phi) is 2.93. The van der Waals surface area contributed by atoms with Crippen LogP contribution in [0.2, 0.25) is 10.0 Å². The number of H-pyrrole nitrogens is 2. The SMILES string of the molecule is O=c1[nH]c2nccc(Oc3ccc(Cl)cc3Cl)c2[nH]1. The topological polar surface area (TPSA) is 70.8 Å². The summed E-state index contributed by atoms with van der Waals surface area (Å²) in [5.74, 6) is 0.896. The summed E-state index contributed by atoms with van der Waals surface area (Å²) < 4.78 is 5.67. The van der Waals surface area contributed by atoms with E-state index in [1.165, 1.54) is 6.20 Å². The number of pyridine rings is 1. The van der Waals surface area contributed by atoms with Crippen LogP contribution in [0.15, 0.2) is 35.3 Å². The van der Waals surface area contributed by atoms with E-state index in [9.17, 15) is 4.79 Å². The number of fused-ring (bicyclic) bond motifs is 1. The molecule has 0 spiro atoms. The van der Waals surface area contributed by atoms with Crippen LogP contribution in [-0.2, 0) is 0 Å². The summed E-state index contributed by atoms with van der Waals surface area (Å²) in [5.41, 5.74) is 0.562. The molecule has 0 saturated carbocycles. The smallest absolute Gasteiger partial charge is 0.325 e. The monoisotopic (exact) mass is 295 g/mol. The van der Waals surface area contributed by atoms with Crippen molar-refractivity contribution in [2.45, 2.75) is 0 Å². The standard InChI is InChI=1S/C12H7Cl2N3O2/c13-6-1-2-8(7(14)5-6)19-9-3-4-15-11-10(9)16-12(18)17-11/h1-5H,(H2,15,16,17,18). The number of hydrogen-bond acceptors (Lipinski definition) is 3. The van der Waals surface area contributed by atoms with Crippen LogP contribution < -0.4 is 10.4 Å². The van der Waals surface area contributed by atoms with Crippen LogP contribution >= 0.6 is 23.2 Å². The molecule has 2 aromatic heterocycles. The number of aromatic nitrogens is 3. The van der Waals surface area contributed by atoms with Gasteiger partial charge in [-0.3, -0.25) is 4.98 Å². The fraction of sp³-hybridized carbons (Fsp3) is 0. The molecule has 0 saturated heterocycles. The number of imidazole rings is 1. The number of halogens is 2. The number of nitrogens with one attached hydrogen (secondary N) is 2. The average Bonchev–Trinajstić information content (AvgIpc) is 2.74. The van der Waals surface area contributed by atoms with Crippen LogP contribution in [0.25, 0.3) is 11.2 Å². The summed E-state index contributed by atoms with van der Waals surface area (Å²) in [5, 5.41) is 0.905. The second kappa shape index (κ2) is 4.60. The number of aromatic amines is 2. The Hall–Kier alpha value is -1.98. The summed E-state index contributed by atoms with van der Waals surface area (Å²) in [6.07, 6.45) is 1.53. The third kappa shape index (κ3) is 2.30. The van der Waals surface area contributed by atoms with Gasteiger partial charge in [0.1, 0.15) is 11.3 Å². The van der Waals surface area contributed by atoms with Crippen LogP contribution in [0.5, 0.6) is 11.5 Å². The van der Waals surface area contributed by atoms with Gasteiger partial charge in [-0.05, 0) is 18.2 Å². The lowest BCUT2D eigenvalue weighted by molar-refractivity contribution is 0.487. The molecule has 0 amide bonds. The fourth-order valence-electron chi connectivity index (χ4n) is 1.67. The first-order valence-corrected chi connectivity index (χ1v) is 6.09. The Bertz CT molecular complexity index is 810. The second-order valence-corrected chi connectivity index (χ2v) is 4.63. The summed E-state index contributed by atoms with van der Waals surface area (Å²) in [7, 11) is 0. The molecule has 0 aliphatic rings. The summed E-state index contributed by atoms with van der Waals surface area (Å²) in [6, 6.07) is 6.54. The quantitative estimate of drug-likeness (QED) is 0.761. The van der Waals surface area contributed by atoms with E-state index < -0.39 is 0 Å². The third-order valence-corrected chi connectivity index (χ3v) is 3.03. The van der Waals surface area contributed by atoms with Crippen LogP contribution in [0.1, 0.15) is 0 Å². The van der Waals surface area contributed by atoms with E-state index in [4.69, 9.17) is 27.9 Å². The summed E-state index contributed by atoms with van der Waals surface area (Å²) in [6.45, 7) is 0. The van der Waals surface area contributed by atoms with Crippen molar-refractivity contribution in [2.24, 2.45) is 0 Å². The van der Waals surface area contributed by atoms with Gasteiger partial charge in [0.15, 0.2) is 11.4 Å². The third-order valence-electron chi connectivity index (χ3n) is 2.50. The lowest BCUT2D eigenvalue weighted by Gasteiger charge is -2.08. The number of hydrogen-bond donors (Lipinski definition) is 2. The first-order chi connectivity index (χ1) is 9.13. The Labute approximate surface area is 117 Å². The van der Waals surface area contributed by atoms with Gasteiger partial charge in [0, 0.05) is 17.3 Å². The molecule has 0 unspecified atom stereocenters. The zero-order valence-electron chi connectivity index (χ0n) is 9.41. The van der Waals surface area contributed by atoms with Crippen molar-refractivity contribution in [3.8, 4) is 11.5 Å². The average molecular weight is 296 g/mol. The highest BCUT2D eigenvalue weighted by Gasteiger charge is 2.09. The van der Waals surface area contributed by atoms with Gasteiger partial charge in [0.2, 0.25) is 0 Å². The van der Waals surface area contributed by atoms with Gasteiger partial charge in [0.25, 0.3) is 0 Å². The van der Waals surface area contributed by atoms with Crippen molar-refractivity contribution in [2.75, 3.05) is 0 Å². The molecule has 2 heterocycles. The number of ether oxygens (including phenoxy) is 1. The molecule has 19 heavy (non-hydrogen) atoms. The number of rotatable bonds is 2. The van der Waals surface area contributed by atoms with Crippen LogP contribution in [0.4, 0.5) is 0 Å². The minimum Gasteiger partial charge on any atom is -0.453 e. The van der Waals surface area contributed by atoms with E-state index in [0.29, 0.717) is 32.7 Å². The van der Waals surface area contributed by atoms with Crippen LogP contribution in [-0.4, -0.2) is 15.0 Å². The Morgan fingerprint density at radius 1 is 1.11 bits per heavy atom. The van der Waals surface area contributed by atoms with E-state index in [2.05, 4.69) is 15.0 Å². The highest BCUT2D eigenvalue weighted by molar-refractivity contribution is 6.35. The maximum atomic E-state index is 11.3. The van der Waals surface area contributed by atoms with Crippen molar-refractivity contribution in [3.63, 3.8) is 0 Å². The molecule has 0 aliphatic heterocycles. The van der Waals surface area contributed by atoms with Gasteiger partial charge < -0.3 is 9.72 Å². The summed E-state index contributed by atoms with van der Waals surface area (Å²) >= 11 is 11.8. The van der Waals surface area contributed by atoms with Crippen LogP contribution in [0.3, 0.4) is 0 Å². The maximum Gasteiger partial charge on any atom is 0.325 e. The van der Waals surface area contributed by atoms with Gasteiger partial charge in [-0.15, -0.1) is 0 Å². The zero-order valence-corrected chi connectivity index (χ0v) is 10.9. The van der Waals surface area contributed by atoms with Crippen molar-refractivity contribution in [1.82, 2.24) is 15.0 Å². The first-order valence-electron chi connectivity index (χ1n) is 5.33. The van der Waals surface area contributed by atoms with Crippen molar-refractivity contribution in [1.29, 1.82) is 0 Å². The van der Waals surface area contributed by atoms with E-state index in [1.54, 1.807) is 24.3 Å². The normalized spacial score (nSPS) is 10.8. The van der Waals surface area contributed by atoms with Gasteiger partial charge >= 0.3 is 5.69 Å². The van der Waals surface area contributed by atoms with Crippen molar-refractivity contribution < 1.29 is 4.74 Å². The Morgan fingerprint density at radius 3 is 2.74 bits per heavy atom. The second-order valence-electron chi connectivity index (χ2n) is 3.79.